The Morgan fingerprint density at radius 1 is 1.27 bits per heavy atom. The van der Waals surface area contributed by atoms with Gasteiger partial charge in [-0.15, -0.1) is 0 Å². The Balaban J connectivity index is 1.80. The van der Waals surface area contributed by atoms with E-state index in [4.69, 9.17) is 0 Å². The number of rotatable bonds is 7. The lowest BCUT2D eigenvalue weighted by atomic mass is 10.1. The predicted octanol–water partition coefficient (Wildman–Crippen LogP) is 2.28. The van der Waals surface area contributed by atoms with Crippen molar-refractivity contribution < 1.29 is 9.59 Å². The molecule has 1 aromatic carbocycles. The van der Waals surface area contributed by atoms with Gasteiger partial charge >= 0.3 is 0 Å². The molecule has 0 fully saturated rings. The number of hydrogen-bond donors (Lipinski definition) is 1. The zero-order valence-electron chi connectivity index (χ0n) is 15.3. The Bertz CT molecular complexity index is 940. The van der Waals surface area contributed by atoms with Crippen LogP contribution in [0.25, 0.3) is 10.9 Å². The van der Waals surface area contributed by atoms with Gasteiger partial charge in [0.15, 0.2) is 5.78 Å². The molecule has 0 saturated carbocycles. The van der Waals surface area contributed by atoms with Crippen LogP contribution in [0.5, 0.6) is 0 Å². The highest BCUT2D eigenvalue weighted by molar-refractivity contribution is 6.07. The van der Waals surface area contributed by atoms with Gasteiger partial charge in [-0.3, -0.25) is 14.3 Å². The minimum atomic E-state index is -0.368. The normalized spacial score (nSPS) is 12.3. The average Bonchev–Trinajstić information content (AvgIpc) is 3.20. The third-order valence-electron chi connectivity index (χ3n) is 4.60. The van der Waals surface area contributed by atoms with Crippen LogP contribution in [-0.4, -0.2) is 37.6 Å². The molecule has 0 aliphatic heterocycles. The van der Waals surface area contributed by atoms with E-state index in [9.17, 15) is 9.59 Å². The molecule has 2 aromatic heterocycles. The molecule has 0 radical (unpaired) electrons. The standard InChI is InChI=1S/C19H23N5O2/c1-4-16(19(26)20-10-9-18-21-12-22-23(18)3)24-11-15(13(2)25)14-7-5-6-8-17(14)24/h5-8,11-12,16H,4,9-10H2,1-3H3,(H,20,26)/t16-/m1/s1. The number of nitrogens with one attached hydrogen (secondary N) is 1. The van der Waals surface area contributed by atoms with E-state index in [1.165, 1.54) is 6.33 Å². The fraction of sp³-hybridized carbons (Fsp3) is 0.368. The van der Waals surface area contributed by atoms with Gasteiger partial charge < -0.3 is 9.88 Å². The molecule has 0 bridgehead atoms. The SMILES string of the molecule is CC[C@H](C(=O)NCCc1ncnn1C)n1cc(C(C)=O)c2ccccc21. The Morgan fingerprint density at radius 2 is 2.04 bits per heavy atom. The summed E-state index contributed by atoms with van der Waals surface area (Å²) in [5.41, 5.74) is 1.54. The van der Waals surface area contributed by atoms with Gasteiger partial charge in [-0.05, 0) is 19.4 Å². The van der Waals surface area contributed by atoms with Crippen LogP contribution in [0.2, 0.25) is 0 Å². The molecule has 3 aromatic rings. The van der Waals surface area contributed by atoms with Crippen molar-refractivity contribution >= 4 is 22.6 Å². The largest absolute Gasteiger partial charge is 0.354 e. The third kappa shape index (κ3) is 3.37. The van der Waals surface area contributed by atoms with E-state index in [1.807, 2.05) is 42.8 Å². The molecule has 0 unspecified atom stereocenters. The van der Waals surface area contributed by atoms with Gasteiger partial charge in [0.1, 0.15) is 18.2 Å². The molecule has 0 aliphatic carbocycles. The molecule has 0 saturated heterocycles. The summed E-state index contributed by atoms with van der Waals surface area (Å²) in [6, 6.07) is 7.31. The maximum atomic E-state index is 12.8. The van der Waals surface area contributed by atoms with E-state index in [0.29, 0.717) is 24.9 Å². The number of benzene rings is 1. The quantitative estimate of drug-likeness (QED) is 0.661. The minimum Gasteiger partial charge on any atom is -0.354 e. The van der Waals surface area contributed by atoms with Crippen LogP contribution in [0.3, 0.4) is 0 Å². The van der Waals surface area contributed by atoms with Gasteiger partial charge in [-0.25, -0.2) is 4.98 Å². The number of Topliss-reactive ketones (excluding diaryl/α,β-unsaturated/α-hetero) is 1. The van der Waals surface area contributed by atoms with Gasteiger partial charge in [-0.1, -0.05) is 25.1 Å². The summed E-state index contributed by atoms with van der Waals surface area (Å²) >= 11 is 0. The zero-order chi connectivity index (χ0) is 18.7. The number of ketones is 1. The molecule has 26 heavy (non-hydrogen) atoms. The Hall–Kier alpha value is -2.96. The Kier molecular flexibility index (Phi) is 5.16. The zero-order valence-corrected chi connectivity index (χ0v) is 15.3. The van der Waals surface area contributed by atoms with Gasteiger partial charge in [0, 0.05) is 42.7 Å². The molecular formula is C19H23N5O2. The highest BCUT2D eigenvalue weighted by atomic mass is 16.2. The number of aryl methyl sites for hydroxylation is 1. The second kappa shape index (κ2) is 7.51. The first-order valence-electron chi connectivity index (χ1n) is 8.74. The lowest BCUT2D eigenvalue weighted by Gasteiger charge is -2.18. The number of hydrogen-bond acceptors (Lipinski definition) is 4. The first-order chi connectivity index (χ1) is 12.5. The molecule has 0 aliphatic rings. The lowest BCUT2D eigenvalue weighted by Crippen LogP contribution is -2.33. The van der Waals surface area contributed by atoms with Crippen LogP contribution < -0.4 is 5.32 Å². The van der Waals surface area contributed by atoms with Crippen LogP contribution in [0, 0.1) is 0 Å². The number of amides is 1. The van der Waals surface area contributed by atoms with Gasteiger partial charge in [0.2, 0.25) is 5.91 Å². The summed E-state index contributed by atoms with van der Waals surface area (Å²) < 4.78 is 3.60. The average molecular weight is 353 g/mol. The topological polar surface area (TPSA) is 81.8 Å². The van der Waals surface area contributed by atoms with Crippen LogP contribution in [0.4, 0.5) is 0 Å². The van der Waals surface area contributed by atoms with Crippen molar-refractivity contribution in [2.75, 3.05) is 6.54 Å². The van der Waals surface area contributed by atoms with E-state index in [0.717, 1.165) is 16.7 Å². The molecule has 7 heteroatoms. The Labute approximate surface area is 152 Å². The van der Waals surface area contributed by atoms with Crippen molar-refractivity contribution in [3.05, 3.63) is 48.2 Å². The van der Waals surface area contributed by atoms with Crippen LogP contribution in [0.15, 0.2) is 36.8 Å². The number of fused-ring (bicyclic) bond motifs is 1. The summed E-state index contributed by atoms with van der Waals surface area (Å²) in [6.45, 7) is 4.00. The van der Waals surface area contributed by atoms with E-state index in [1.54, 1.807) is 17.8 Å². The summed E-state index contributed by atoms with van der Waals surface area (Å²) in [4.78, 5) is 28.9. The summed E-state index contributed by atoms with van der Waals surface area (Å²) in [5, 5.41) is 7.88. The minimum absolute atomic E-state index is 0.00232. The summed E-state index contributed by atoms with van der Waals surface area (Å²) in [6.07, 6.45) is 4.54. The first-order valence-corrected chi connectivity index (χ1v) is 8.74. The van der Waals surface area contributed by atoms with Crippen LogP contribution in [-0.2, 0) is 18.3 Å². The highest BCUT2D eigenvalue weighted by Gasteiger charge is 2.22. The van der Waals surface area contributed by atoms with Crippen molar-refractivity contribution in [3.8, 4) is 0 Å². The van der Waals surface area contributed by atoms with Crippen molar-refractivity contribution in [2.24, 2.45) is 7.05 Å². The maximum Gasteiger partial charge on any atom is 0.243 e. The molecular weight excluding hydrogens is 330 g/mol. The fourth-order valence-electron chi connectivity index (χ4n) is 3.21. The molecule has 1 amide bonds. The number of para-hydroxylation sites is 1. The van der Waals surface area contributed by atoms with E-state index in [2.05, 4.69) is 15.4 Å². The highest BCUT2D eigenvalue weighted by Crippen LogP contribution is 2.26. The first kappa shape index (κ1) is 17.8. The van der Waals surface area contributed by atoms with Crippen molar-refractivity contribution in [3.63, 3.8) is 0 Å². The molecule has 7 nitrogen and oxygen atoms in total. The summed E-state index contributed by atoms with van der Waals surface area (Å²) in [7, 11) is 1.83. The van der Waals surface area contributed by atoms with Gasteiger partial charge in [-0.2, -0.15) is 5.10 Å². The maximum absolute atomic E-state index is 12.8. The molecule has 1 atom stereocenters. The number of carbonyl (C=O) groups is 2. The second-order valence-corrected chi connectivity index (χ2v) is 6.29. The summed E-state index contributed by atoms with van der Waals surface area (Å²) in [5.74, 6) is 0.756. The van der Waals surface area contributed by atoms with E-state index >= 15 is 0 Å². The predicted molar refractivity (Wildman–Crippen MR) is 99.0 cm³/mol. The fourth-order valence-corrected chi connectivity index (χ4v) is 3.21. The number of aromatic nitrogens is 4. The molecule has 2 heterocycles. The van der Waals surface area contributed by atoms with Gasteiger partial charge in [0.25, 0.3) is 0 Å². The molecule has 0 spiro atoms. The van der Waals surface area contributed by atoms with Crippen LogP contribution >= 0.6 is 0 Å². The van der Waals surface area contributed by atoms with E-state index in [-0.39, 0.29) is 17.7 Å². The second-order valence-electron chi connectivity index (χ2n) is 6.29. The molecule has 1 N–H and O–H groups in total. The number of carbonyl (C=O) groups excluding carboxylic acids is 2. The number of nitrogens with zero attached hydrogens (tertiary/aromatic N) is 4. The van der Waals surface area contributed by atoms with Crippen molar-refractivity contribution in [1.29, 1.82) is 0 Å². The van der Waals surface area contributed by atoms with E-state index < -0.39 is 0 Å². The lowest BCUT2D eigenvalue weighted by molar-refractivity contribution is -0.124. The molecule has 136 valence electrons. The molecule has 3 rings (SSSR count). The monoisotopic (exact) mass is 353 g/mol. The Morgan fingerprint density at radius 3 is 2.69 bits per heavy atom. The smallest absolute Gasteiger partial charge is 0.243 e. The third-order valence-corrected chi connectivity index (χ3v) is 4.60. The van der Waals surface area contributed by atoms with Gasteiger partial charge in [0.05, 0.1) is 0 Å². The van der Waals surface area contributed by atoms with Crippen LogP contribution in [0.1, 0.15) is 42.5 Å². The van der Waals surface area contributed by atoms with Crippen molar-refractivity contribution in [2.45, 2.75) is 32.7 Å². The van der Waals surface area contributed by atoms with Crippen molar-refractivity contribution in [1.82, 2.24) is 24.6 Å².